The lowest BCUT2D eigenvalue weighted by Crippen LogP contribution is -2.00. The molecule has 1 nitrogen and oxygen atoms in total. The van der Waals surface area contributed by atoms with E-state index >= 15 is 0 Å². The fourth-order valence-electron chi connectivity index (χ4n) is 2.29. The van der Waals surface area contributed by atoms with E-state index in [4.69, 9.17) is 0 Å². The van der Waals surface area contributed by atoms with Crippen LogP contribution in [0.4, 0.5) is 0 Å². The van der Waals surface area contributed by atoms with Gasteiger partial charge in [0.1, 0.15) is 0 Å². The molecule has 0 bridgehead atoms. The lowest BCUT2D eigenvalue weighted by atomic mass is 10.1. The molecule has 0 unspecified atom stereocenters. The van der Waals surface area contributed by atoms with Gasteiger partial charge >= 0.3 is 0 Å². The SMILES string of the molecule is C=CCN1C(c2ccccc2)=C1c1ccccc1. The van der Waals surface area contributed by atoms with E-state index < -0.39 is 0 Å². The minimum absolute atomic E-state index is 0.869. The third-order valence-corrected chi connectivity index (χ3v) is 3.12. The van der Waals surface area contributed by atoms with E-state index in [0.717, 1.165) is 6.54 Å². The van der Waals surface area contributed by atoms with Crippen LogP contribution in [0.15, 0.2) is 73.3 Å². The summed E-state index contributed by atoms with van der Waals surface area (Å²) < 4.78 is 0. The van der Waals surface area contributed by atoms with Crippen molar-refractivity contribution in [2.24, 2.45) is 0 Å². The largest absolute Gasteiger partial charge is 0.333 e. The quantitative estimate of drug-likeness (QED) is 0.721. The van der Waals surface area contributed by atoms with Gasteiger partial charge in [-0.25, -0.2) is 0 Å². The van der Waals surface area contributed by atoms with Crippen LogP contribution in [0.5, 0.6) is 0 Å². The first-order valence-electron chi connectivity index (χ1n) is 6.15. The van der Waals surface area contributed by atoms with Gasteiger partial charge in [-0.05, 0) is 0 Å². The van der Waals surface area contributed by atoms with Gasteiger partial charge in [0.2, 0.25) is 0 Å². The zero-order chi connectivity index (χ0) is 12.4. The minimum atomic E-state index is 0.869. The first-order valence-corrected chi connectivity index (χ1v) is 6.15. The van der Waals surface area contributed by atoms with Gasteiger partial charge in [0.25, 0.3) is 0 Å². The topological polar surface area (TPSA) is 3.01 Å². The average Bonchev–Trinajstić information content (AvgIpc) is 3.15. The summed E-state index contributed by atoms with van der Waals surface area (Å²) in [4.78, 5) is 2.30. The van der Waals surface area contributed by atoms with Crippen LogP contribution >= 0.6 is 0 Å². The van der Waals surface area contributed by atoms with E-state index in [2.05, 4.69) is 60.0 Å². The number of benzene rings is 2. The van der Waals surface area contributed by atoms with E-state index in [1.54, 1.807) is 0 Å². The van der Waals surface area contributed by atoms with Crippen molar-refractivity contribution in [1.82, 2.24) is 4.90 Å². The molecule has 0 atom stereocenters. The molecule has 3 rings (SSSR count). The normalized spacial score (nSPS) is 13.7. The van der Waals surface area contributed by atoms with E-state index in [1.165, 1.54) is 22.5 Å². The fourth-order valence-corrected chi connectivity index (χ4v) is 2.29. The number of rotatable bonds is 4. The van der Waals surface area contributed by atoms with Gasteiger partial charge in [0, 0.05) is 17.7 Å². The second-order valence-corrected chi connectivity index (χ2v) is 4.33. The molecule has 0 N–H and O–H groups in total. The first kappa shape index (κ1) is 10.8. The molecule has 0 saturated heterocycles. The van der Waals surface area contributed by atoms with Gasteiger partial charge in [0.05, 0.1) is 11.4 Å². The summed E-state index contributed by atoms with van der Waals surface area (Å²) >= 11 is 0. The number of hydrogen-bond acceptors (Lipinski definition) is 1. The lowest BCUT2D eigenvalue weighted by molar-refractivity contribution is 0.716. The minimum Gasteiger partial charge on any atom is -0.333 e. The van der Waals surface area contributed by atoms with E-state index in [0.29, 0.717) is 0 Å². The third kappa shape index (κ3) is 1.84. The highest BCUT2D eigenvalue weighted by Crippen LogP contribution is 2.46. The van der Waals surface area contributed by atoms with Crippen molar-refractivity contribution in [2.75, 3.05) is 6.54 Å². The Morgan fingerprint density at radius 2 is 1.22 bits per heavy atom. The van der Waals surface area contributed by atoms with Gasteiger partial charge in [-0.15, -0.1) is 6.58 Å². The monoisotopic (exact) mass is 233 g/mol. The Labute approximate surface area is 108 Å². The Balaban J connectivity index is 2.00. The summed E-state index contributed by atoms with van der Waals surface area (Å²) in [7, 11) is 0. The Morgan fingerprint density at radius 1 is 0.778 bits per heavy atom. The molecule has 0 fully saturated rings. The van der Waals surface area contributed by atoms with E-state index in [-0.39, 0.29) is 0 Å². The van der Waals surface area contributed by atoms with Gasteiger partial charge in [-0.3, -0.25) is 0 Å². The number of hydrogen-bond donors (Lipinski definition) is 0. The van der Waals surface area contributed by atoms with Gasteiger partial charge in [-0.1, -0.05) is 66.7 Å². The molecule has 0 radical (unpaired) electrons. The molecule has 1 heterocycles. The highest BCUT2D eigenvalue weighted by Gasteiger charge is 2.33. The maximum absolute atomic E-state index is 3.83. The summed E-state index contributed by atoms with van der Waals surface area (Å²) in [5.41, 5.74) is 5.19. The van der Waals surface area contributed by atoms with E-state index in [1.807, 2.05) is 18.2 Å². The van der Waals surface area contributed by atoms with Crippen molar-refractivity contribution < 1.29 is 0 Å². The van der Waals surface area contributed by atoms with Crippen LogP contribution < -0.4 is 0 Å². The first-order chi connectivity index (χ1) is 8.92. The van der Waals surface area contributed by atoms with Crippen molar-refractivity contribution in [3.05, 3.63) is 84.4 Å². The highest BCUT2D eigenvalue weighted by molar-refractivity contribution is 6.04. The van der Waals surface area contributed by atoms with Crippen molar-refractivity contribution in [3.8, 4) is 0 Å². The molecule has 2 aromatic rings. The summed E-state index contributed by atoms with van der Waals surface area (Å²) in [6.45, 7) is 4.70. The van der Waals surface area contributed by atoms with Crippen LogP contribution in [0.25, 0.3) is 11.4 Å². The summed E-state index contributed by atoms with van der Waals surface area (Å²) in [6, 6.07) is 21.0. The Morgan fingerprint density at radius 3 is 1.61 bits per heavy atom. The molecule has 1 aliphatic heterocycles. The summed E-state index contributed by atoms with van der Waals surface area (Å²) in [6.07, 6.45) is 1.94. The molecular formula is C17H15N. The van der Waals surface area contributed by atoms with Crippen LogP contribution in [-0.2, 0) is 0 Å². The summed E-state index contributed by atoms with van der Waals surface area (Å²) in [5, 5.41) is 0. The molecule has 0 amide bonds. The van der Waals surface area contributed by atoms with Crippen LogP contribution in [-0.4, -0.2) is 11.4 Å². The van der Waals surface area contributed by atoms with Crippen LogP contribution in [0.2, 0.25) is 0 Å². The molecule has 88 valence electrons. The molecular weight excluding hydrogens is 218 g/mol. The smallest absolute Gasteiger partial charge is 0.0735 e. The molecule has 18 heavy (non-hydrogen) atoms. The molecule has 1 aliphatic rings. The highest BCUT2D eigenvalue weighted by atomic mass is 15.3. The van der Waals surface area contributed by atoms with Crippen molar-refractivity contribution in [2.45, 2.75) is 0 Å². The van der Waals surface area contributed by atoms with Gasteiger partial charge in [-0.2, -0.15) is 0 Å². The van der Waals surface area contributed by atoms with Crippen molar-refractivity contribution in [3.63, 3.8) is 0 Å². The maximum Gasteiger partial charge on any atom is 0.0735 e. The average molecular weight is 233 g/mol. The molecule has 0 spiro atoms. The zero-order valence-corrected chi connectivity index (χ0v) is 10.2. The maximum atomic E-state index is 3.83. The predicted octanol–water partition coefficient (Wildman–Crippen LogP) is 4.01. The summed E-state index contributed by atoms with van der Waals surface area (Å²) in [5.74, 6) is 0. The van der Waals surface area contributed by atoms with E-state index in [9.17, 15) is 0 Å². The number of nitrogens with zero attached hydrogens (tertiary/aromatic N) is 1. The van der Waals surface area contributed by atoms with Gasteiger partial charge < -0.3 is 4.90 Å². The second kappa shape index (κ2) is 4.53. The van der Waals surface area contributed by atoms with Gasteiger partial charge in [0.15, 0.2) is 0 Å². The Kier molecular flexibility index (Phi) is 2.73. The standard InChI is InChI=1S/C17H15N/c1-2-13-18-16(14-9-5-3-6-10-14)17(18)15-11-7-4-8-12-15/h2-12H,1,13H2. The Bertz CT molecular complexity index is 532. The molecule has 2 aromatic carbocycles. The Hall–Kier alpha value is -2.28. The second-order valence-electron chi connectivity index (χ2n) is 4.33. The zero-order valence-electron chi connectivity index (χ0n) is 10.2. The molecule has 1 heteroatoms. The third-order valence-electron chi connectivity index (χ3n) is 3.12. The molecule has 0 aliphatic carbocycles. The molecule has 0 aromatic heterocycles. The van der Waals surface area contributed by atoms with Crippen LogP contribution in [0.3, 0.4) is 0 Å². The fraction of sp³-hybridized carbons (Fsp3) is 0.0588. The predicted molar refractivity (Wildman–Crippen MR) is 76.6 cm³/mol. The van der Waals surface area contributed by atoms with Crippen molar-refractivity contribution >= 4 is 11.4 Å². The van der Waals surface area contributed by atoms with Crippen molar-refractivity contribution in [1.29, 1.82) is 0 Å². The van der Waals surface area contributed by atoms with Crippen LogP contribution in [0, 0.1) is 0 Å². The molecule has 0 saturated carbocycles. The lowest BCUT2D eigenvalue weighted by Gasteiger charge is -2.04. The van der Waals surface area contributed by atoms with Crippen LogP contribution in [0.1, 0.15) is 11.1 Å².